The lowest BCUT2D eigenvalue weighted by atomic mass is 9.83. The second-order valence-electron chi connectivity index (χ2n) is 7.34. The molecule has 4 nitrogen and oxygen atoms in total. The Kier molecular flexibility index (Phi) is 5.62. The molecule has 0 unspecified atom stereocenters. The molecule has 3 rings (SSSR count). The number of hydrogen-bond acceptors (Lipinski definition) is 3. The first-order chi connectivity index (χ1) is 12.5. The van der Waals surface area contributed by atoms with Gasteiger partial charge in [-0.05, 0) is 35.4 Å². The van der Waals surface area contributed by atoms with E-state index in [9.17, 15) is 9.90 Å². The van der Waals surface area contributed by atoms with E-state index in [2.05, 4.69) is 26.0 Å². The number of carbonyl (C=O) groups is 1. The van der Waals surface area contributed by atoms with Gasteiger partial charge in [-0.3, -0.25) is 0 Å². The van der Waals surface area contributed by atoms with Gasteiger partial charge in [0.15, 0.2) is 0 Å². The summed E-state index contributed by atoms with van der Waals surface area (Å²) in [6.45, 7) is 5.56. The van der Waals surface area contributed by atoms with Gasteiger partial charge in [0.25, 0.3) is 0 Å². The average Bonchev–Trinajstić information content (AvgIpc) is 2.67. The summed E-state index contributed by atoms with van der Waals surface area (Å²) in [5.41, 5.74) is 2.27. The Balaban J connectivity index is 1.57. The molecule has 0 bridgehead atoms. The maximum absolute atomic E-state index is 12.3. The molecule has 1 amide bonds. The van der Waals surface area contributed by atoms with Crippen molar-refractivity contribution in [2.24, 2.45) is 0 Å². The Bertz CT molecular complexity index is 734. The zero-order valence-corrected chi connectivity index (χ0v) is 15.5. The van der Waals surface area contributed by atoms with Crippen molar-refractivity contribution in [1.29, 1.82) is 0 Å². The zero-order chi connectivity index (χ0) is 18.6. The first kappa shape index (κ1) is 18.5. The van der Waals surface area contributed by atoms with Gasteiger partial charge < -0.3 is 14.7 Å². The Morgan fingerprint density at radius 2 is 1.81 bits per heavy atom. The molecule has 4 heteroatoms. The molecule has 138 valence electrons. The van der Waals surface area contributed by atoms with E-state index in [4.69, 9.17) is 4.74 Å². The van der Waals surface area contributed by atoms with Crippen molar-refractivity contribution in [3.05, 3.63) is 71.3 Å². The molecule has 1 heterocycles. The Labute approximate surface area is 155 Å². The minimum atomic E-state index is -0.874. The van der Waals surface area contributed by atoms with E-state index < -0.39 is 5.60 Å². The molecule has 0 aromatic heterocycles. The molecule has 0 radical (unpaired) electrons. The van der Waals surface area contributed by atoms with E-state index in [-0.39, 0.29) is 12.7 Å². The standard InChI is InChI=1S/C22H27NO3/c1-17(2)19-9-6-10-20(15-19)22(25)11-13-23(14-12-22)21(24)26-16-18-7-4-3-5-8-18/h3-10,15,17,25H,11-14,16H2,1-2H3. The minimum Gasteiger partial charge on any atom is -0.445 e. The van der Waals surface area contributed by atoms with E-state index in [1.807, 2.05) is 42.5 Å². The molecular weight excluding hydrogens is 326 g/mol. The van der Waals surface area contributed by atoms with Crippen LogP contribution in [0.1, 0.15) is 49.3 Å². The molecule has 0 saturated carbocycles. The van der Waals surface area contributed by atoms with E-state index in [0.29, 0.717) is 31.8 Å². The first-order valence-corrected chi connectivity index (χ1v) is 9.26. The van der Waals surface area contributed by atoms with Crippen molar-refractivity contribution < 1.29 is 14.6 Å². The van der Waals surface area contributed by atoms with Crippen molar-refractivity contribution in [2.45, 2.75) is 44.8 Å². The third-order valence-electron chi connectivity index (χ3n) is 5.14. The molecule has 2 aromatic carbocycles. The number of hydrogen-bond donors (Lipinski definition) is 1. The first-order valence-electron chi connectivity index (χ1n) is 9.26. The number of likely N-dealkylation sites (tertiary alicyclic amines) is 1. The van der Waals surface area contributed by atoms with Crippen LogP contribution in [0.4, 0.5) is 4.79 Å². The summed E-state index contributed by atoms with van der Waals surface area (Å²) in [6, 6.07) is 17.8. The molecule has 1 aliphatic rings. The van der Waals surface area contributed by atoms with Crippen LogP contribution in [-0.2, 0) is 16.9 Å². The molecule has 0 spiro atoms. The lowest BCUT2D eigenvalue weighted by Gasteiger charge is -2.38. The molecule has 0 aliphatic carbocycles. The summed E-state index contributed by atoms with van der Waals surface area (Å²) in [6.07, 6.45) is 0.732. The fraction of sp³-hybridized carbons (Fsp3) is 0.409. The zero-order valence-electron chi connectivity index (χ0n) is 15.5. The quantitative estimate of drug-likeness (QED) is 0.884. The number of amides is 1. The predicted molar refractivity (Wildman–Crippen MR) is 102 cm³/mol. The van der Waals surface area contributed by atoms with Crippen LogP contribution in [0.3, 0.4) is 0 Å². The highest BCUT2D eigenvalue weighted by atomic mass is 16.6. The number of piperidine rings is 1. The SMILES string of the molecule is CC(C)c1cccc(C2(O)CCN(C(=O)OCc3ccccc3)CC2)c1. The summed E-state index contributed by atoms with van der Waals surface area (Å²) >= 11 is 0. The van der Waals surface area contributed by atoms with Gasteiger partial charge in [0.2, 0.25) is 0 Å². The van der Waals surface area contributed by atoms with Crippen LogP contribution in [0.25, 0.3) is 0 Å². The molecule has 1 aliphatic heterocycles. The third-order valence-corrected chi connectivity index (χ3v) is 5.14. The molecule has 26 heavy (non-hydrogen) atoms. The van der Waals surface area contributed by atoms with Crippen LogP contribution >= 0.6 is 0 Å². The number of rotatable bonds is 4. The van der Waals surface area contributed by atoms with Gasteiger partial charge in [0, 0.05) is 13.1 Å². The summed E-state index contributed by atoms with van der Waals surface area (Å²) in [4.78, 5) is 14.0. The van der Waals surface area contributed by atoms with Crippen LogP contribution in [0.15, 0.2) is 54.6 Å². The van der Waals surface area contributed by atoms with Crippen LogP contribution in [-0.4, -0.2) is 29.2 Å². The van der Waals surface area contributed by atoms with Crippen molar-refractivity contribution in [1.82, 2.24) is 4.90 Å². The molecular formula is C22H27NO3. The van der Waals surface area contributed by atoms with E-state index in [1.54, 1.807) is 4.90 Å². The molecule has 2 aromatic rings. The van der Waals surface area contributed by atoms with Gasteiger partial charge in [-0.2, -0.15) is 0 Å². The smallest absolute Gasteiger partial charge is 0.410 e. The van der Waals surface area contributed by atoms with Crippen molar-refractivity contribution >= 4 is 6.09 Å². The molecule has 1 N–H and O–H groups in total. The predicted octanol–water partition coefficient (Wildman–Crippen LogP) is 4.43. The maximum atomic E-state index is 12.3. The van der Waals surface area contributed by atoms with Crippen LogP contribution in [0.5, 0.6) is 0 Å². The number of aliphatic hydroxyl groups is 1. The summed E-state index contributed by atoms with van der Waals surface area (Å²) < 4.78 is 5.40. The highest BCUT2D eigenvalue weighted by Gasteiger charge is 2.36. The summed E-state index contributed by atoms with van der Waals surface area (Å²) in [7, 11) is 0. The van der Waals surface area contributed by atoms with Gasteiger partial charge in [0.05, 0.1) is 5.60 Å². The highest BCUT2D eigenvalue weighted by Crippen LogP contribution is 2.34. The maximum Gasteiger partial charge on any atom is 0.410 e. The summed E-state index contributed by atoms with van der Waals surface area (Å²) in [5, 5.41) is 11.1. The second-order valence-corrected chi connectivity index (χ2v) is 7.34. The number of carbonyl (C=O) groups excluding carboxylic acids is 1. The van der Waals surface area contributed by atoms with Gasteiger partial charge in [-0.15, -0.1) is 0 Å². The highest BCUT2D eigenvalue weighted by molar-refractivity contribution is 5.67. The lowest BCUT2D eigenvalue weighted by molar-refractivity contribution is -0.0255. The minimum absolute atomic E-state index is 0.275. The number of benzene rings is 2. The van der Waals surface area contributed by atoms with Crippen LogP contribution < -0.4 is 0 Å². The molecule has 0 atom stereocenters. The average molecular weight is 353 g/mol. The van der Waals surface area contributed by atoms with Gasteiger partial charge in [-0.1, -0.05) is 68.4 Å². The van der Waals surface area contributed by atoms with Gasteiger partial charge in [-0.25, -0.2) is 4.79 Å². The monoisotopic (exact) mass is 353 g/mol. The van der Waals surface area contributed by atoms with Crippen molar-refractivity contribution in [3.8, 4) is 0 Å². The van der Waals surface area contributed by atoms with Crippen LogP contribution in [0.2, 0.25) is 0 Å². The fourth-order valence-electron chi connectivity index (χ4n) is 3.35. The molecule has 1 saturated heterocycles. The second kappa shape index (κ2) is 7.92. The topological polar surface area (TPSA) is 49.8 Å². The van der Waals surface area contributed by atoms with E-state index in [1.165, 1.54) is 5.56 Å². The molecule has 1 fully saturated rings. The van der Waals surface area contributed by atoms with E-state index in [0.717, 1.165) is 11.1 Å². The van der Waals surface area contributed by atoms with E-state index >= 15 is 0 Å². The van der Waals surface area contributed by atoms with Crippen LogP contribution in [0, 0.1) is 0 Å². The lowest BCUT2D eigenvalue weighted by Crippen LogP contribution is -2.45. The summed E-state index contributed by atoms with van der Waals surface area (Å²) in [5.74, 6) is 0.423. The number of nitrogens with zero attached hydrogens (tertiary/aromatic N) is 1. The van der Waals surface area contributed by atoms with Crippen molar-refractivity contribution in [2.75, 3.05) is 13.1 Å². The van der Waals surface area contributed by atoms with Gasteiger partial charge >= 0.3 is 6.09 Å². The Morgan fingerprint density at radius 1 is 1.12 bits per heavy atom. The largest absolute Gasteiger partial charge is 0.445 e. The fourth-order valence-corrected chi connectivity index (χ4v) is 3.35. The Morgan fingerprint density at radius 3 is 2.46 bits per heavy atom. The normalized spacial score (nSPS) is 16.5. The van der Waals surface area contributed by atoms with Crippen molar-refractivity contribution in [3.63, 3.8) is 0 Å². The van der Waals surface area contributed by atoms with Gasteiger partial charge in [0.1, 0.15) is 6.61 Å². The number of ether oxygens (including phenoxy) is 1. The third kappa shape index (κ3) is 4.25. The Hall–Kier alpha value is -2.33.